The SMILES string of the molecule is CCCCCNC(=O)COC1(C)CNC1. The highest BCUT2D eigenvalue weighted by Gasteiger charge is 2.32. The van der Waals surface area contributed by atoms with E-state index in [0.29, 0.717) is 0 Å². The van der Waals surface area contributed by atoms with E-state index in [1.54, 1.807) is 0 Å². The lowest BCUT2D eigenvalue weighted by molar-refractivity contribution is -0.135. The molecule has 0 spiro atoms. The molecule has 0 aromatic rings. The summed E-state index contributed by atoms with van der Waals surface area (Å²) in [6, 6.07) is 0. The van der Waals surface area contributed by atoms with Crippen LogP contribution < -0.4 is 10.6 Å². The Kier molecular flexibility index (Phi) is 5.05. The highest BCUT2D eigenvalue weighted by molar-refractivity contribution is 5.77. The minimum atomic E-state index is -0.124. The van der Waals surface area contributed by atoms with Gasteiger partial charge < -0.3 is 15.4 Å². The Bertz CT molecular complexity index is 203. The summed E-state index contributed by atoms with van der Waals surface area (Å²) in [5.74, 6) is -0.000715. The molecule has 1 saturated heterocycles. The Morgan fingerprint density at radius 1 is 1.47 bits per heavy atom. The van der Waals surface area contributed by atoms with Gasteiger partial charge in [0.15, 0.2) is 0 Å². The molecule has 0 unspecified atom stereocenters. The van der Waals surface area contributed by atoms with Gasteiger partial charge in [-0.15, -0.1) is 0 Å². The number of amides is 1. The first kappa shape index (κ1) is 12.5. The van der Waals surface area contributed by atoms with Gasteiger partial charge in [0.25, 0.3) is 0 Å². The number of carbonyl (C=O) groups excluding carboxylic acids is 1. The first-order valence-corrected chi connectivity index (χ1v) is 5.78. The summed E-state index contributed by atoms with van der Waals surface area (Å²) >= 11 is 0. The van der Waals surface area contributed by atoms with E-state index in [-0.39, 0.29) is 18.1 Å². The van der Waals surface area contributed by atoms with Gasteiger partial charge in [0.1, 0.15) is 6.61 Å². The molecule has 15 heavy (non-hydrogen) atoms. The number of unbranched alkanes of at least 4 members (excludes halogenated alkanes) is 2. The highest BCUT2D eigenvalue weighted by atomic mass is 16.5. The van der Waals surface area contributed by atoms with Crippen LogP contribution in [0.1, 0.15) is 33.1 Å². The molecule has 1 aliphatic rings. The van der Waals surface area contributed by atoms with Crippen molar-refractivity contribution in [3.05, 3.63) is 0 Å². The molecule has 0 aromatic heterocycles. The summed E-state index contributed by atoms with van der Waals surface area (Å²) in [6.45, 7) is 6.81. The number of rotatable bonds is 7. The second-order valence-electron chi connectivity index (χ2n) is 4.40. The fraction of sp³-hybridized carbons (Fsp3) is 0.909. The van der Waals surface area contributed by atoms with Gasteiger partial charge in [0, 0.05) is 19.6 Å². The van der Waals surface area contributed by atoms with Gasteiger partial charge in [0.05, 0.1) is 5.60 Å². The van der Waals surface area contributed by atoms with Gasteiger partial charge in [-0.05, 0) is 13.3 Å². The summed E-state index contributed by atoms with van der Waals surface area (Å²) in [5.41, 5.74) is -0.124. The third-order valence-corrected chi connectivity index (χ3v) is 2.65. The van der Waals surface area contributed by atoms with Crippen molar-refractivity contribution in [2.24, 2.45) is 0 Å². The Labute approximate surface area is 91.8 Å². The van der Waals surface area contributed by atoms with Gasteiger partial charge in [-0.3, -0.25) is 4.79 Å². The van der Waals surface area contributed by atoms with E-state index in [1.807, 2.05) is 6.92 Å². The Balaban J connectivity index is 1.98. The molecule has 88 valence electrons. The zero-order valence-corrected chi connectivity index (χ0v) is 9.77. The average Bonchev–Trinajstić information content (AvgIpc) is 2.19. The van der Waals surface area contributed by atoms with Crippen LogP contribution in [0.3, 0.4) is 0 Å². The number of hydrogen-bond donors (Lipinski definition) is 2. The van der Waals surface area contributed by atoms with Crippen molar-refractivity contribution in [1.29, 1.82) is 0 Å². The van der Waals surface area contributed by atoms with Crippen LogP contribution in [0, 0.1) is 0 Å². The van der Waals surface area contributed by atoms with Crippen molar-refractivity contribution in [3.8, 4) is 0 Å². The molecule has 0 atom stereocenters. The molecule has 1 aliphatic heterocycles. The molecule has 0 aromatic carbocycles. The predicted molar refractivity (Wildman–Crippen MR) is 59.8 cm³/mol. The zero-order valence-electron chi connectivity index (χ0n) is 9.77. The molecule has 1 rings (SSSR count). The highest BCUT2D eigenvalue weighted by Crippen LogP contribution is 2.14. The van der Waals surface area contributed by atoms with Crippen molar-refractivity contribution >= 4 is 5.91 Å². The molecule has 0 bridgehead atoms. The second kappa shape index (κ2) is 6.08. The molecule has 0 radical (unpaired) electrons. The zero-order chi connectivity index (χ0) is 11.1. The summed E-state index contributed by atoms with van der Waals surface area (Å²) in [4.78, 5) is 11.3. The fourth-order valence-corrected chi connectivity index (χ4v) is 1.47. The van der Waals surface area contributed by atoms with Gasteiger partial charge in [-0.25, -0.2) is 0 Å². The van der Waals surface area contributed by atoms with E-state index in [9.17, 15) is 4.79 Å². The predicted octanol–water partition coefficient (Wildman–Crippen LogP) is 0.671. The molecular formula is C11H22N2O2. The maximum atomic E-state index is 11.3. The summed E-state index contributed by atoms with van der Waals surface area (Å²) in [6.07, 6.45) is 3.40. The van der Waals surface area contributed by atoms with Crippen LogP contribution in [-0.2, 0) is 9.53 Å². The lowest BCUT2D eigenvalue weighted by atomic mass is 10.0. The van der Waals surface area contributed by atoms with Gasteiger partial charge in [-0.1, -0.05) is 19.8 Å². The van der Waals surface area contributed by atoms with Crippen molar-refractivity contribution in [1.82, 2.24) is 10.6 Å². The maximum Gasteiger partial charge on any atom is 0.246 e. The standard InChI is InChI=1S/C11H22N2O2/c1-3-4-5-6-13-10(14)7-15-11(2)8-12-9-11/h12H,3-9H2,1-2H3,(H,13,14). The molecule has 0 aliphatic carbocycles. The summed E-state index contributed by atoms with van der Waals surface area (Å²) in [7, 11) is 0. The van der Waals surface area contributed by atoms with E-state index < -0.39 is 0 Å². The number of hydrogen-bond acceptors (Lipinski definition) is 3. The number of ether oxygens (including phenoxy) is 1. The molecule has 1 amide bonds. The van der Waals surface area contributed by atoms with Crippen molar-refractivity contribution in [2.75, 3.05) is 26.2 Å². The van der Waals surface area contributed by atoms with Crippen LogP contribution in [0.2, 0.25) is 0 Å². The Hall–Kier alpha value is -0.610. The van der Waals surface area contributed by atoms with Crippen molar-refractivity contribution < 1.29 is 9.53 Å². The van der Waals surface area contributed by atoms with Crippen LogP contribution in [0.15, 0.2) is 0 Å². The molecule has 4 heteroatoms. The third-order valence-electron chi connectivity index (χ3n) is 2.65. The lowest BCUT2D eigenvalue weighted by Crippen LogP contribution is -2.59. The first-order chi connectivity index (χ1) is 7.16. The van der Waals surface area contributed by atoms with E-state index in [4.69, 9.17) is 4.74 Å². The van der Waals surface area contributed by atoms with Crippen LogP contribution in [0.5, 0.6) is 0 Å². The van der Waals surface area contributed by atoms with Crippen LogP contribution in [0.25, 0.3) is 0 Å². The van der Waals surface area contributed by atoms with Crippen LogP contribution in [-0.4, -0.2) is 37.7 Å². The second-order valence-corrected chi connectivity index (χ2v) is 4.40. The molecule has 1 heterocycles. The van der Waals surface area contributed by atoms with Gasteiger partial charge in [-0.2, -0.15) is 0 Å². The Morgan fingerprint density at radius 2 is 2.20 bits per heavy atom. The van der Waals surface area contributed by atoms with Crippen molar-refractivity contribution in [2.45, 2.75) is 38.7 Å². The number of nitrogens with one attached hydrogen (secondary N) is 2. The van der Waals surface area contributed by atoms with Crippen LogP contribution in [0.4, 0.5) is 0 Å². The van der Waals surface area contributed by atoms with Crippen molar-refractivity contribution in [3.63, 3.8) is 0 Å². The summed E-state index contributed by atoms with van der Waals surface area (Å²) < 4.78 is 5.51. The smallest absolute Gasteiger partial charge is 0.246 e. The quantitative estimate of drug-likeness (QED) is 0.612. The van der Waals surface area contributed by atoms with E-state index in [2.05, 4.69) is 17.6 Å². The van der Waals surface area contributed by atoms with Crippen LogP contribution >= 0.6 is 0 Å². The summed E-state index contributed by atoms with van der Waals surface area (Å²) in [5, 5.41) is 5.98. The van der Waals surface area contributed by atoms with E-state index in [1.165, 1.54) is 12.8 Å². The van der Waals surface area contributed by atoms with E-state index in [0.717, 1.165) is 26.1 Å². The topological polar surface area (TPSA) is 50.4 Å². The largest absolute Gasteiger partial charge is 0.363 e. The van der Waals surface area contributed by atoms with E-state index >= 15 is 0 Å². The van der Waals surface area contributed by atoms with Gasteiger partial charge in [0.2, 0.25) is 5.91 Å². The first-order valence-electron chi connectivity index (χ1n) is 5.78. The van der Waals surface area contributed by atoms with Gasteiger partial charge >= 0.3 is 0 Å². The molecule has 2 N–H and O–H groups in total. The minimum Gasteiger partial charge on any atom is -0.363 e. The molecule has 0 saturated carbocycles. The molecular weight excluding hydrogens is 192 g/mol. The monoisotopic (exact) mass is 214 g/mol. The maximum absolute atomic E-state index is 11.3. The molecule has 4 nitrogen and oxygen atoms in total. The molecule has 1 fully saturated rings. The average molecular weight is 214 g/mol. The fourth-order valence-electron chi connectivity index (χ4n) is 1.47. The normalized spacial score (nSPS) is 18.3. The number of carbonyl (C=O) groups is 1. The third kappa shape index (κ3) is 4.62. The minimum absolute atomic E-state index is 0.000715. The lowest BCUT2D eigenvalue weighted by Gasteiger charge is -2.38. The Morgan fingerprint density at radius 3 is 2.73 bits per heavy atom.